The molecule has 4 heterocycles. The van der Waals surface area contributed by atoms with E-state index >= 15 is 0 Å². The number of pyridine rings is 1. The van der Waals surface area contributed by atoms with Crippen LogP contribution in [0.2, 0.25) is 0 Å². The van der Waals surface area contributed by atoms with Crippen molar-refractivity contribution in [3.05, 3.63) is 30.2 Å². The molecule has 3 aromatic heterocycles. The molecule has 0 aromatic carbocycles. The minimum atomic E-state index is 0.199. The fraction of sp³-hybridized carbons (Fsp3) is 0.438. The molecule has 0 bridgehead atoms. The van der Waals surface area contributed by atoms with Crippen molar-refractivity contribution in [1.29, 1.82) is 0 Å². The van der Waals surface area contributed by atoms with Crippen LogP contribution in [0, 0.1) is 0 Å². The van der Waals surface area contributed by atoms with Crippen molar-refractivity contribution in [3.63, 3.8) is 0 Å². The van der Waals surface area contributed by atoms with Crippen LogP contribution >= 0.6 is 0 Å². The van der Waals surface area contributed by atoms with Crippen LogP contribution in [0.15, 0.2) is 23.0 Å². The number of aromatic nitrogens is 5. The van der Waals surface area contributed by atoms with E-state index in [2.05, 4.69) is 30.0 Å². The van der Waals surface area contributed by atoms with E-state index in [9.17, 15) is 0 Å². The molecule has 0 aliphatic carbocycles. The summed E-state index contributed by atoms with van der Waals surface area (Å²) in [6.07, 6.45) is 3.49. The van der Waals surface area contributed by atoms with Gasteiger partial charge in [0.25, 0.3) is 5.89 Å². The molecule has 4 rings (SSSR count). The summed E-state index contributed by atoms with van der Waals surface area (Å²) < 4.78 is 10.3. The van der Waals surface area contributed by atoms with E-state index in [0.29, 0.717) is 23.8 Å². The molecule has 2 N–H and O–H groups in total. The predicted molar refractivity (Wildman–Crippen MR) is 90.9 cm³/mol. The largest absolute Gasteiger partial charge is 0.382 e. The highest BCUT2D eigenvalue weighted by molar-refractivity contribution is 5.84. The second-order valence-corrected chi connectivity index (χ2v) is 6.06. The lowest BCUT2D eigenvalue weighted by Crippen LogP contribution is -2.35. The van der Waals surface area contributed by atoms with Crippen molar-refractivity contribution in [3.8, 4) is 0 Å². The normalized spacial score (nSPS) is 18.0. The van der Waals surface area contributed by atoms with Crippen molar-refractivity contribution >= 4 is 22.7 Å². The molecule has 130 valence electrons. The Morgan fingerprint density at radius 3 is 3.12 bits per heavy atom. The molecule has 9 nitrogen and oxygen atoms in total. The Morgan fingerprint density at radius 1 is 1.32 bits per heavy atom. The summed E-state index contributed by atoms with van der Waals surface area (Å²) in [5.74, 6) is 2.68. The highest BCUT2D eigenvalue weighted by Gasteiger charge is 2.26. The summed E-state index contributed by atoms with van der Waals surface area (Å²) in [6, 6.07) is 3.88. The first-order valence-electron chi connectivity index (χ1n) is 8.18. The van der Waals surface area contributed by atoms with Gasteiger partial charge in [0.15, 0.2) is 11.6 Å². The molecule has 1 aliphatic heterocycles. The van der Waals surface area contributed by atoms with Crippen LogP contribution in [0.25, 0.3) is 11.0 Å². The fourth-order valence-electron chi connectivity index (χ4n) is 3.14. The number of methoxy groups -OCH3 is 1. The molecule has 9 heteroatoms. The first-order valence-corrected chi connectivity index (χ1v) is 8.18. The van der Waals surface area contributed by atoms with Gasteiger partial charge >= 0.3 is 0 Å². The molecular weight excluding hydrogens is 322 g/mol. The molecule has 3 aromatic rings. The smallest absolute Gasteiger partial charge is 0.252 e. The number of nitrogens with two attached hydrogens (primary N) is 1. The number of nitrogen functional groups attached to an aromatic ring is 1. The van der Waals surface area contributed by atoms with E-state index in [1.54, 1.807) is 7.11 Å². The highest BCUT2D eigenvalue weighted by atomic mass is 16.5. The summed E-state index contributed by atoms with van der Waals surface area (Å²) in [5, 5.41) is 4.10. The van der Waals surface area contributed by atoms with Crippen LogP contribution in [0.3, 0.4) is 0 Å². The third-order valence-corrected chi connectivity index (χ3v) is 4.36. The summed E-state index contributed by atoms with van der Waals surface area (Å²) in [4.78, 5) is 19.5. The second-order valence-electron chi connectivity index (χ2n) is 6.06. The summed E-state index contributed by atoms with van der Waals surface area (Å²) in [5.41, 5.74) is 7.30. The maximum Gasteiger partial charge on any atom is 0.252 e. The lowest BCUT2D eigenvalue weighted by atomic mass is 9.97. The van der Waals surface area contributed by atoms with Gasteiger partial charge in [-0.2, -0.15) is 4.98 Å². The zero-order valence-electron chi connectivity index (χ0n) is 13.9. The average molecular weight is 341 g/mol. The van der Waals surface area contributed by atoms with Crippen LogP contribution < -0.4 is 10.6 Å². The van der Waals surface area contributed by atoms with Gasteiger partial charge in [-0.25, -0.2) is 15.0 Å². The van der Waals surface area contributed by atoms with Crippen molar-refractivity contribution in [2.75, 3.05) is 30.8 Å². The van der Waals surface area contributed by atoms with E-state index in [1.165, 1.54) is 6.33 Å². The van der Waals surface area contributed by atoms with Crippen LogP contribution in [0.4, 0.5) is 11.6 Å². The van der Waals surface area contributed by atoms with Gasteiger partial charge < -0.3 is 19.9 Å². The van der Waals surface area contributed by atoms with Crippen LogP contribution in [0.1, 0.15) is 30.5 Å². The number of ether oxygens (including phenoxy) is 1. The maximum atomic E-state index is 5.93. The lowest BCUT2D eigenvalue weighted by molar-refractivity contribution is 0.151. The Labute approximate surface area is 144 Å². The number of rotatable bonds is 4. The first kappa shape index (κ1) is 15.7. The number of anilines is 2. The standard InChI is InChI=1S/C16H19N7O2/c1-24-8-13-21-16(22-25-13)10-3-2-6-23(7-10)12-5-4-11-14(20-12)15(17)19-9-18-11/h4-5,9-10H,2-3,6-8H2,1H3,(H2,17,18,19). The number of piperidine rings is 1. The third-order valence-electron chi connectivity index (χ3n) is 4.36. The van der Waals surface area contributed by atoms with Crippen molar-refractivity contribution in [1.82, 2.24) is 25.1 Å². The van der Waals surface area contributed by atoms with Gasteiger partial charge in [0.1, 0.15) is 24.3 Å². The fourth-order valence-corrected chi connectivity index (χ4v) is 3.14. The summed E-state index contributed by atoms with van der Waals surface area (Å²) >= 11 is 0. The monoisotopic (exact) mass is 341 g/mol. The Morgan fingerprint density at radius 2 is 2.24 bits per heavy atom. The number of nitrogens with zero attached hydrogens (tertiary/aromatic N) is 6. The molecule has 1 unspecified atom stereocenters. The lowest BCUT2D eigenvalue weighted by Gasteiger charge is -2.32. The zero-order valence-corrected chi connectivity index (χ0v) is 13.9. The third kappa shape index (κ3) is 3.10. The molecule has 1 fully saturated rings. The topological polar surface area (TPSA) is 116 Å². The van der Waals surface area contributed by atoms with Crippen molar-refractivity contribution < 1.29 is 9.26 Å². The van der Waals surface area contributed by atoms with Gasteiger partial charge in [0, 0.05) is 26.1 Å². The minimum Gasteiger partial charge on any atom is -0.382 e. The Hall–Kier alpha value is -2.81. The van der Waals surface area contributed by atoms with Gasteiger partial charge in [0.05, 0.1) is 5.52 Å². The minimum absolute atomic E-state index is 0.199. The first-order chi connectivity index (χ1) is 12.2. The molecule has 0 amide bonds. The number of hydrogen-bond acceptors (Lipinski definition) is 9. The van der Waals surface area contributed by atoms with Gasteiger partial charge in [-0.05, 0) is 25.0 Å². The van der Waals surface area contributed by atoms with E-state index in [4.69, 9.17) is 15.0 Å². The Bertz CT molecular complexity index is 882. The number of fused-ring (bicyclic) bond motifs is 1. The molecule has 25 heavy (non-hydrogen) atoms. The molecule has 0 spiro atoms. The molecule has 0 radical (unpaired) electrons. The van der Waals surface area contributed by atoms with Gasteiger partial charge in [-0.3, -0.25) is 0 Å². The quantitative estimate of drug-likeness (QED) is 0.753. The van der Waals surface area contributed by atoms with Gasteiger partial charge in [-0.15, -0.1) is 0 Å². The average Bonchev–Trinajstić information content (AvgIpc) is 3.11. The molecule has 1 atom stereocenters. The number of hydrogen-bond donors (Lipinski definition) is 1. The van der Waals surface area contributed by atoms with Crippen LogP contribution in [-0.2, 0) is 11.3 Å². The van der Waals surface area contributed by atoms with E-state index < -0.39 is 0 Å². The highest BCUT2D eigenvalue weighted by Crippen LogP contribution is 2.29. The predicted octanol–water partition coefficient (Wildman–Crippen LogP) is 1.52. The van der Waals surface area contributed by atoms with Crippen LogP contribution in [-0.4, -0.2) is 45.3 Å². The van der Waals surface area contributed by atoms with Crippen LogP contribution in [0.5, 0.6) is 0 Å². The zero-order chi connectivity index (χ0) is 17.2. The molecule has 1 aliphatic rings. The van der Waals surface area contributed by atoms with Crippen molar-refractivity contribution in [2.24, 2.45) is 0 Å². The molecule has 0 saturated carbocycles. The Kier molecular flexibility index (Phi) is 4.14. The SMILES string of the molecule is COCc1nc(C2CCCN(c3ccc4ncnc(N)c4n3)C2)no1. The van der Waals surface area contributed by atoms with Crippen molar-refractivity contribution in [2.45, 2.75) is 25.4 Å². The summed E-state index contributed by atoms with van der Waals surface area (Å²) in [7, 11) is 1.60. The maximum absolute atomic E-state index is 5.93. The van der Waals surface area contributed by atoms with E-state index in [-0.39, 0.29) is 5.92 Å². The van der Waals surface area contributed by atoms with Gasteiger partial charge in [0.2, 0.25) is 0 Å². The second kappa shape index (κ2) is 6.60. The molecular formula is C16H19N7O2. The van der Waals surface area contributed by atoms with E-state index in [1.807, 2.05) is 12.1 Å². The van der Waals surface area contributed by atoms with E-state index in [0.717, 1.165) is 43.1 Å². The Balaban J connectivity index is 1.57. The summed E-state index contributed by atoms with van der Waals surface area (Å²) in [6.45, 7) is 2.03. The van der Waals surface area contributed by atoms with Gasteiger partial charge in [-0.1, -0.05) is 5.16 Å². The molecule has 1 saturated heterocycles.